The maximum absolute atomic E-state index is 5.36. The van der Waals surface area contributed by atoms with Crippen LogP contribution in [0.3, 0.4) is 0 Å². The summed E-state index contributed by atoms with van der Waals surface area (Å²) < 4.78 is 11.5. The summed E-state index contributed by atoms with van der Waals surface area (Å²) in [6, 6.07) is 4.31. The zero-order chi connectivity index (χ0) is 16.7. The number of methoxy groups -OCH3 is 2. The van der Waals surface area contributed by atoms with Crippen LogP contribution in [0.2, 0.25) is 0 Å². The summed E-state index contributed by atoms with van der Waals surface area (Å²) in [4.78, 5) is 4.25. The fourth-order valence-electron chi connectivity index (χ4n) is 1.84. The Labute approximate surface area is 164 Å². The lowest BCUT2D eigenvalue weighted by Crippen LogP contribution is -2.43. The van der Waals surface area contributed by atoms with Gasteiger partial charge in [0.2, 0.25) is 0 Å². The smallest absolute Gasteiger partial charge is 0.191 e. The molecule has 0 amide bonds. The van der Waals surface area contributed by atoms with Crippen LogP contribution in [0, 0.1) is 5.92 Å². The van der Waals surface area contributed by atoms with Crippen molar-refractivity contribution in [2.75, 3.05) is 21.3 Å². The summed E-state index contributed by atoms with van der Waals surface area (Å²) in [5, 5.41) is 6.68. The minimum atomic E-state index is 0. The topological polar surface area (TPSA) is 54.9 Å². The van der Waals surface area contributed by atoms with Crippen molar-refractivity contribution in [3.63, 3.8) is 0 Å². The van der Waals surface area contributed by atoms with Gasteiger partial charge in [0, 0.05) is 19.6 Å². The molecule has 0 radical (unpaired) electrons. The molecule has 2 N–H and O–H groups in total. The molecular formula is C16H27BrIN3O2. The molecule has 1 atom stereocenters. The van der Waals surface area contributed by atoms with Crippen LogP contribution in [0.4, 0.5) is 0 Å². The van der Waals surface area contributed by atoms with Crippen LogP contribution >= 0.6 is 39.9 Å². The molecule has 0 heterocycles. The van der Waals surface area contributed by atoms with Gasteiger partial charge in [0.15, 0.2) is 17.5 Å². The lowest BCUT2D eigenvalue weighted by Gasteiger charge is -2.21. The molecular weight excluding hydrogens is 473 g/mol. The Kier molecular flexibility index (Phi) is 10.6. The Morgan fingerprint density at radius 3 is 2.35 bits per heavy atom. The first-order chi connectivity index (χ1) is 10.4. The number of hydrogen-bond acceptors (Lipinski definition) is 3. The van der Waals surface area contributed by atoms with Gasteiger partial charge in [-0.25, -0.2) is 0 Å². The fourth-order valence-corrected chi connectivity index (χ4v) is 2.49. The SMILES string of the molecule is CN=C(NCc1cc(Br)c(OC)c(OC)c1)NC(C)C(C)C.I. The molecule has 23 heavy (non-hydrogen) atoms. The van der Waals surface area contributed by atoms with Gasteiger partial charge in [-0.15, -0.1) is 24.0 Å². The van der Waals surface area contributed by atoms with Crippen LogP contribution in [0.5, 0.6) is 11.5 Å². The van der Waals surface area contributed by atoms with Gasteiger partial charge in [-0.2, -0.15) is 0 Å². The van der Waals surface area contributed by atoms with E-state index in [2.05, 4.69) is 52.3 Å². The molecule has 0 fully saturated rings. The lowest BCUT2D eigenvalue weighted by molar-refractivity contribution is 0.352. The summed E-state index contributed by atoms with van der Waals surface area (Å²) >= 11 is 3.50. The van der Waals surface area contributed by atoms with Crippen LogP contribution in [0.15, 0.2) is 21.6 Å². The van der Waals surface area contributed by atoms with Crippen molar-refractivity contribution >= 4 is 45.9 Å². The Bertz CT molecular complexity index is 524. The Morgan fingerprint density at radius 2 is 1.87 bits per heavy atom. The highest BCUT2D eigenvalue weighted by Gasteiger charge is 2.12. The molecule has 1 aromatic carbocycles. The quantitative estimate of drug-likeness (QED) is 0.355. The number of halogens is 2. The summed E-state index contributed by atoms with van der Waals surface area (Å²) in [7, 11) is 5.03. The number of aliphatic imine (C=N–C) groups is 1. The van der Waals surface area contributed by atoms with E-state index >= 15 is 0 Å². The van der Waals surface area contributed by atoms with Gasteiger partial charge in [0.25, 0.3) is 0 Å². The summed E-state index contributed by atoms with van der Waals surface area (Å²) in [6.07, 6.45) is 0. The Morgan fingerprint density at radius 1 is 1.22 bits per heavy atom. The van der Waals surface area contributed by atoms with Crippen molar-refractivity contribution < 1.29 is 9.47 Å². The van der Waals surface area contributed by atoms with Crippen molar-refractivity contribution in [1.82, 2.24) is 10.6 Å². The number of benzene rings is 1. The van der Waals surface area contributed by atoms with Gasteiger partial charge >= 0.3 is 0 Å². The zero-order valence-electron chi connectivity index (χ0n) is 14.6. The number of hydrogen-bond donors (Lipinski definition) is 2. The second kappa shape index (κ2) is 11.0. The minimum absolute atomic E-state index is 0. The molecule has 7 heteroatoms. The number of ether oxygens (including phenoxy) is 2. The highest BCUT2D eigenvalue weighted by atomic mass is 127. The van der Waals surface area contributed by atoms with Crippen LogP contribution in [0.1, 0.15) is 26.3 Å². The third-order valence-electron chi connectivity index (χ3n) is 3.54. The zero-order valence-corrected chi connectivity index (χ0v) is 18.5. The Balaban J connectivity index is 0.00000484. The standard InChI is InChI=1S/C16H26BrN3O2.HI/c1-10(2)11(3)20-16(18-4)19-9-12-7-13(17)15(22-6)14(8-12)21-5;/h7-8,10-11H,9H2,1-6H3,(H2,18,19,20);1H. The molecule has 0 aliphatic rings. The fraction of sp³-hybridized carbons (Fsp3) is 0.562. The lowest BCUT2D eigenvalue weighted by atomic mass is 10.1. The number of nitrogens with one attached hydrogen (secondary N) is 2. The summed E-state index contributed by atoms with van der Waals surface area (Å²) in [6.45, 7) is 7.14. The molecule has 1 aromatic rings. The second-order valence-corrected chi connectivity index (χ2v) is 6.27. The molecule has 0 aliphatic carbocycles. The molecule has 0 spiro atoms. The van der Waals surface area contributed by atoms with E-state index in [1.807, 2.05) is 12.1 Å². The molecule has 132 valence electrons. The van der Waals surface area contributed by atoms with E-state index < -0.39 is 0 Å². The van der Waals surface area contributed by atoms with E-state index in [1.165, 1.54) is 0 Å². The number of guanidine groups is 1. The van der Waals surface area contributed by atoms with Crippen molar-refractivity contribution in [1.29, 1.82) is 0 Å². The third kappa shape index (κ3) is 6.74. The maximum atomic E-state index is 5.36. The first kappa shape index (κ1) is 22.3. The van der Waals surface area contributed by atoms with Crippen LogP contribution in [-0.4, -0.2) is 33.3 Å². The van der Waals surface area contributed by atoms with E-state index in [9.17, 15) is 0 Å². The largest absolute Gasteiger partial charge is 0.493 e. The van der Waals surface area contributed by atoms with Crippen LogP contribution in [-0.2, 0) is 6.54 Å². The number of rotatable bonds is 6. The minimum Gasteiger partial charge on any atom is -0.493 e. The molecule has 0 bridgehead atoms. The maximum Gasteiger partial charge on any atom is 0.191 e. The van der Waals surface area contributed by atoms with Gasteiger partial charge in [-0.05, 0) is 46.5 Å². The van der Waals surface area contributed by atoms with E-state index in [0.717, 1.165) is 16.0 Å². The van der Waals surface area contributed by atoms with Crippen molar-refractivity contribution in [3.05, 3.63) is 22.2 Å². The van der Waals surface area contributed by atoms with E-state index in [1.54, 1.807) is 21.3 Å². The van der Waals surface area contributed by atoms with Crippen molar-refractivity contribution in [3.8, 4) is 11.5 Å². The third-order valence-corrected chi connectivity index (χ3v) is 4.13. The highest BCUT2D eigenvalue weighted by Crippen LogP contribution is 2.36. The van der Waals surface area contributed by atoms with E-state index in [-0.39, 0.29) is 24.0 Å². The molecule has 1 unspecified atom stereocenters. The van der Waals surface area contributed by atoms with Crippen LogP contribution in [0.25, 0.3) is 0 Å². The second-order valence-electron chi connectivity index (χ2n) is 5.42. The normalized spacial score (nSPS) is 12.4. The van der Waals surface area contributed by atoms with Crippen molar-refractivity contribution in [2.45, 2.75) is 33.4 Å². The summed E-state index contributed by atoms with van der Waals surface area (Å²) in [5.74, 6) is 2.72. The van der Waals surface area contributed by atoms with Gasteiger partial charge in [0.05, 0.1) is 18.7 Å². The Hall–Kier alpha value is -0.700. The van der Waals surface area contributed by atoms with E-state index in [0.29, 0.717) is 30.0 Å². The van der Waals surface area contributed by atoms with Crippen LogP contribution < -0.4 is 20.1 Å². The highest BCUT2D eigenvalue weighted by molar-refractivity contribution is 14.0. The van der Waals surface area contributed by atoms with Crippen molar-refractivity contribution in [2.24, 2.45) is 10.9 Å². The predicted octanol–water partition coefficient (Wildman–Crippen LogP) is 3.79. The molecule has 0 aromatic heterocycles. The molecule has 0 aliphatic heterocycles. The van der Waals surface area contributed by atoms with Gasteiger partial charge in [0.1, 0.15) is 0 Å². The first-order valence-corrected chi connectivity index (χ1v) is 8.09. The molecule has 0 saturated heterocycles. The predicted molar refractivity (Wildman–Crippen MR) is 110 cm³/mol. The van der Waals surface area contributed by atoms with Gasteiger partial charge in [-0.3, -0.25) is 4.99 Å². The number of nitrogens with zero attached hydrogens (tertiary/aromatic N) is 1. The monoisotopic (exact) mass is 499 g/mol. The first-order valence-electron chi connectivity index (χ1n) is 7.30. The average Bonchev–Trinajstić information content (AvgIpc) is 2.50. The molecule has 5 nitrogen and oxygen atoms in total. The summed E-state index contributed by atoms with van der Waals surface area (Å²) in [5.41, 5.74) is 1.07. The molecule has 0 saturated carbocycles. The average molecular weight is 500 g/mol. The molecule has 1 rings (SSSR count). The van der Waals surface area contributed by atoms with E-state index in [4.69, 9.17) is 9.47 Å². The van der Waals surface area contributed by atoms with Gasteiger partial charge < -0.3 is 20.1 Å². The van der Waals surface area contributed by atoms with Gasteiger partial charge in [-0.1, -0.05) is 13.8 Å².